The van der Waals surface area contributed by atoms with E-state index in [0.29, 0.717) is 5.69 Å². The van der Waals surface area contributed by atoms with Gasteiger partial charge in [0.2, 0.25) is 0 Å². The number of aromatic nitrogens is 1. The zero-order valence-corrected chi connectivity index (χ0v) is 8.32. The molecule has 0 aliphatic heterocycles. The van der Waals surface area contributed by atoms with Crippen LogP contribution in [0.4, 0.5) is 0 Å². The monoisotopic (exact) mass is 208 g/mol. The average Bonchev–Trinajstić information content (AvgIpc) is 2.80. The van der Waals surface area contributed by atoms with Gasteiger partial charge in [0.05, 0.1) is 5.69 Å². The summed E-state index contributed by atoms with van der Waals surface area (Å²) >= 11 is 1.50. The molecule has 0 aliphatic carbocycles. The number of aryl methyl sites for hydroxylation is 1. The van der Waals surface area contributed by atoms with Gasteiger partial charge >= 0.3 is 0 Å². The van der Waals surface area contributed by atoms with Crippen LogP contribution in [0.15, 0.2) is 33.5 Å². The van der Waals surface area contributed by atoms with Crippen molar-refractivity contribution in [3.8, 4) is 0 Å². The second-order valence-electron chi connectivity index (χ2n) is 2.88. The number of nitroso groups, excluding NO2 is 1. The highest BCUT2D eigenvalue weighted by atomic mass is 32.1. The zero-order valence-electron chi connectivity index (χ0n) is 7.51. The van der Waals surface area contributed by atoms with E-state index in [9.17, 15) is 4.91 Å². The van der Waals surface area contributed by atoms with Crippen LogP contribution in [-0.4, -0.2) is 5.16 Å². The first-order valence-corrected chi connectivity index (χ1v) is 4.97. The van der Waals surface area contributed by atoms with Gasteiger partial charge in [0.25, 0.3) is 0 Å². The summed E-state index contributed by atoms with van der Waals surface area (Å²) in [4.78, 5) is 11.6. The Hall–Kier alpha value is -1.49. The van der Waals surface area contributed by atoms with Crippen molar-refractivity contribution in [2.45, 2.75) is 13.0 Å². The van der Waals surface area contributed by atoms with Gasteiger partial charge in [-0.05, 0) is 18.4 Å². The van der Waals surface area contributed by atoms with E-state index < -0.39 is 6.04 Å². The molecular formula is C9H8N2O2S. The van der Waals surface area contributed by atoms with Crippen LogP contribution in [0.5, 0.6) is 0 Å². The van der Waals surface area contributed by atoms with Crippen LogP contribution >= 0.6 is 11.3 Å². The summed E-state index contributed by atoms with van der Waals surface area (Å²) in [5, 5.41) is 8.73. The number of hydrogen-bond donors (Lipinski definition) is 0. The Kier molecular flexibility index (Phi) is 2.41. The standard InChI is InChI=1S/C9H8N2O2S/c1-6-7(5-13-11-6)9(10-12)8-3-2-4-14-8/h2-5,9H,1H3. The Labute approximate surface area is 84.5 Å². The first kappa shape index (κ1) is 9.08. The van der Waals surface area contributed by atoms with Gasteiger partial charge in [-0.3, -0.25) is 0 Å². The molecule has 1 atom stereocenters. The SMILES string of the molecule is Cc1nocc1C(N=O)c1cccs1. The molecule has 2 heterocycles. The smallest absolute Gasteiger partial charge is 0.156 e. The Morgan fingerprint density at radius 3 is 3.00 bits per heavy atom. The van der Waals surface area contributed by atoms with E-state index in [2.05, 4.69) is 10.3 Å². The number of rotatable bonds is 3. The van der Waals surface area contributed by atoms with Crippen LogP contribution in [0.1, 0.15) is 22.2 Å². The molecule has 5 heteroatoms. The average molecular weight is 208 g/mol. The van der Waals surface area contributed by atoms with Crippen molar-refractivity contribution in [3.05, 3.63) is 44.8 Å². The van der Waals surface area contributed by atoms with Crippen molar-refractivity contribution in [3.63, 3.8) is 0 Å². The predicted octanol–water partition coefficient (Wildman–Crippen LogP) is 2.90. The van der Waals surface area contributed by atoms with Crippen molar-refractivity contribution in [1.82, 2.24) is 5.16 Å². The van der Waals surface area contributed by atoms with Crippen molar-refractivity contribution >= 4 is 11.3 Å². The summed E-state index contributed by atoms with van der Waals surface area (Å²) in [7, 11) is 0. The molecule has 2 aromatic heterocycles. The normalized spacial score (nSPS) is 12.6. The van der Waals surface area contributed by atoms with Crippen molar-refractivity contribution in [1.29, 1.82) is 0 Å². The van der Waals surface area contributed by atoms with E-state index in [0.717, 1.165) is 10.4 Å². The molecule has 0 bridgehead atoms. The van der Waals surface area contributed by atoms with Gasteiger partial charge in [-0.2, -0.15) is 0 Å². The Morgan fingerprint density at radius 2 is 2.50 bits per heavy atom. The maximum Gasteiger partial charge on any atom is 0.156 e. The topological polar surface area (TPSA) is 55.5 Å². The fourth-order valence-electron chi connectivity index (χ4n) is 1.27. The number of nitrogens with zero attached hydrogens (tertiary/aromatic N) is 2. The third-order valence-electron chi connectivity index (χ3n) is 2.00. The molecule has 0 aliphatic rings. The molecule has 1 unspecified atom stereocenters. The largest absolute Gasteiger partial charge is 0.364 e. The van der Waals surface area contributed by atoms with E-state index >= 15 is 0 Å². The van der Waals surface area contributed by atoms with Gasteiger partial charge in [0.15, 0.2) is 6.04 Å². The van der Waals surface area contributed by atoms with Gasteiger partial charge in [0, 0.05) is 10.4 Å². The lowest BCUT2D eigenvalue weighted by Crippen LogP contribution is -1.94. The van der Waals surface area contributed by atoms with E-state index in [-0.39, 0.29) is 0 Å². The first-order chi connectivity index (χ1) is 6.83. The second-order valence-corrected chi connectivity index (χ2v) is 3.86. The number of hydrogen-bond acceptors (Lipinski definition) is 5. The molecule has 0 spiro atoms. The lowest BCUT2D eigenvalue weighted by atomic mass is 10.1. The Morgan fingerprint density at radius 1 is 1.64 bits per heavy atom. The Bertz CT molecular complexity index is 422. The molecule has 72 valence electrons. The highest BCUT2D eigenvalue weighted by molar-refractivity contribution is 7.10. The van der Waals surface area contributed by atoms with Crippen molar-refractivity contribution in [2.75, 3.05) is 0 Å². The fourth-order valence-corrected chi connectivity index (χ4v) is 2.04. The molecular weight excluding hydrogens is 200 g/mol. The van der Waals surface area contributed by atoms with E-state index in [4.69, 9.17) is 4.52 Å². The van der Waals surface area contributed by atoms with E-state index in [1.54, 1.807) is 6.92 Å². The van der Waals surface area contributed by atoms with Gasteiger partial charge in [-0.1, -0.05) is 16.4 Å². The molecule has 0 radical (unpaired) electrons. The molecule has 4 nitrogen and oxygen atoms in total. The summed E-state index contributed by atoms with van der Waals surface area (Å²) in [6.07, 6.45) is 1.47. The van der Waals surface area contributed by atoms with Crippen LogP contribution in [-0.2, 0) is 0 Å². The third-order valence-corrected chi connectivity index (χ3v) is 2.92. The highest BCUT2D eigenvalue weighted by Gasteiger charge is 2.20. The van der Waals surface area contributed by atoms with Crippen molar-refractivity contribution < 1.29 is 4.52 Å². The Balaban J connectivity index is 2.41. The second kappa shape index (κ2) is 3.71. The number of thiophene rings is 1. The summed E-state index contributed by atoms with van der Waals surface area (Å²) in [5.41, 5.74) is 1.45. The molecule has 0 saturated heterocycles. The lowest BCUT2D eigenvalue weighted by Gasteiger charge is -2.03. The van der Waals surface area contributed by atoms with Crippen LogP contribution < -0.4 is 0 Å². The summed E-state index contributed by atoms with van der Waals surface area (Å²) in [6, 6.07) is 3.28. The highest BCUT2D eigenvalue weighted by Crippen LogP contribution is 2.30. The van der Waals surface area contributed by atoms with E-state index in [1.165, 1.54) is 17.6 Å². The van der Waals surface area contributed by atoms with Gasteiger partial charge < -0.3 is 4.52 Å². The molecule has 2 aromatic rings. The summed E-state index contributed by atoms with van der Waals surface area (Å²) in [6.45, 7) is 1.80. The first-order valence-electron chi connectivity index (χ1n) is 4.09. The van der Waals surface area contributed by atoms with E-state index in [1.807, 2.05) is 17.5 Å². The van der Waals surface area contributed by atoms with Crippen LogP contribution in [0.2, 0.25) is 0 Å². The van der Waals surface area contributed by atoms with Crippen molar-refractivity contribution in [2.24, 2.45) is 5.18 Å². The molecule has 0 aromatic carbocycles. The van der Waals surface area contributed by atoms with Gasteiger partial charge in [-0.25, -0.2) is 0 Å². The fraction of sp³-hybridized carbons (Fsp3) is 0.222. The maximum atomic E-state index is 10.7. The van der Waals surface area contributed by atoms with Crippen LogP contribution in [0, 0.1) is 11.8 Å². The molecule has 0 fully saturated rings. The minimum absolute atomic E-state index is 0.485. The molecule has 0 amide bonds. The molecule has 0 saturated carbocycles. The van der Waals surface area contributed by atoms with Crippen LogP contribution in [0.3, 0.4) is 0 Å². The third kappa shape index (κ3) is 1.46. The molecule has 14 heavy (non-hydrogen) atoms. The molecule has 0 N–H and O–H groups in total. The summed E-state index contributed by atoms with van der Waals surface area (Å²) in [5.74, 6) is 0. The quantitative estimate of drug-likeness (QED) is 0.729. The van der Waals surface area contributed by atoms with Gasteiger partial charge in [-0.15, -0.1) is 16.2 Å². The molecule has 2 rings (SSSR count). The maximum absolute atomic E-state index is 10.7. The minimum Gasteiger partial charge on any atom is -0.364 e. The van der Waals surface area contributed by atoms with Crippen LogP contribution in [0.25, 0.3) is 0 Å². The lowest BCUT2D eigenvalue weighted by molar-refractivity contribution is 0.414. The predicted molar refractivity (Wildman–Crippen MR) is 53.2 cm³/mol. The van der Waals surface area contributed by atoms with Gasteiger partial charge in [0.1, 0.15) is 6.26 Å². The minimum atomic E-state index is -0.485. The zero-order chi connectivity index (χ0) is 9.97. The summed E-state index contributed by atoms with van der Waals surface area (Å²) < 4.78 is 4.78.